The Kier molecular flexibility index (Phi) is 3.78. The average molecular weight is 235 g/mol. The highest BCUT2D eigenvalue weighted by Gasteiger charge is 2.15. The summed E-state index contributed by atoms with van der Waals surface area (Å²) in [6.45, 7) is 0.262. The quantitative estimate of drug-likeness (QED) is 0.749. The average Bonchev–Trinajstić information content (AvgIpc) is 2.46. The number of hydrogen-bond acceptors (Lipinski definition) is 1. The Morgan fingerprint density at radius 1 is 1.00 bits per heavy atom. The second-order valence-corrected chi connectivity index (χ2v) is 3.80. The van der Waals surface area contributed by atoms with Crippen molar-refractivity contribution in [3.05, 3.63) is 66.2 Å². The van der Waals surface area contributed by atoms with Crippen LogP contribution in [0.4, 0.5) is 5.69 Å². The van der Waals surface area contributed by atoms with Gasteiger partial charge in [0.15, 0.2) is 0 Å². The van der Waals surface area contributed by atoms with Gasteiger partial charge >= 0.3 is 0 Å². The summed E-state index contributed by atoms with van der Waals surface area (Å²) < 4.78 is 0. The van der Waals surface area contributed by atoms with E-state index >= 15 is 0 Å². The molecule has 0 saturated carbocycles. The van der Waals surface area contributed by atoms with Gasteiger partial charge in [-0.15, -0.1) is 6.42 Å². The van der Waals surface area contributed by atoms with E-state index in [-0.39, 0.29) is 12.5 Å². The molecule has 0 bridgehead atoms. The second-order valence-electron chi connectivity index (χ2n) is 3.80. The lowest BCUT2D eigenvalue weighted by atomic mass is 10.2. The van der Waals surface area contributed by atoms with Gasteiger partial charge in [0.25, 0.3) is 5.91 Å². The fourth-order valence-corrected chi connectivity index (χ4v) is 1.72. The molecule has 2 aromatic carbocycles. The van der Waals surface area contributed by atoms with E-state index in [4.69, 9.17) is 6.42 Å². The van der Waals surface area contributed by atoms with Crippen LogP contribution in [0.15, 0.2) is 60.7 Å². The molecular formula is C16H13NO. The van der Waals surface area contributed by atoms with Crippen LogP contribution in [0, 0.1) is 12.3 Å². The van der Waals surface area contributed by atoms with Crippen molar-refractivity contribution in [3.63, 3.8) is 0 Å². The lowest BCUT2D eigenvalue weighted by Crippen LogP contribution is -2.31. The maximum Gasteiger partial charge on any atom is 0.259 e. The van der Waals surface area contributed by atoms with Gasteiger partial charge in [0.1, 0.15) is 0 Å². The minimum absolute atomic E-state index is 0.0836. The molecule has 1 amide bonds. The molecule has 0 N–H and O–H groups in total. The zero-order valence-corrected chi connectivity index (χ0v) is 9.91. The third-order valence-electron chi connectivity index (χ3n) is 2.58. The van der Waals surface area contributed by atoms with Crippen LogP contribution in [-0.4, -0.2) is 12.5 Å². The van der Waals surface area contributed by atoms with Crippen LogP contribution < -0.4 is 4.90 Å². The minimum atomic E-state index is -0.0836. The molecule has 0 atom stereocenters. The second kappa shape index (κ2) is 5.70. The first-order valence-corrected chi connectivity index (χ1v) is 5.68. The van der Waals surface area contributed by atoms with Crippen LogP contribution in [0.1, 0.15) is 10.4 Å². The molecule has 0 heterocycles. The molecule has 2 nitrogen and oxygen atoms in total. The van der Waals surface area contributed by atoms with E-state index < -0.39 is 0 Å². The Hall–Kier alpha value is -2.53. The van der Waals surface area contributed by atoms with E-state index in [1.807, 2.05) is 48.5 Å². The summed E-state index contributed by atoms with van der Waals surface area (Å²) in [5.41, 5.74) is 1.45. The van der Waals surface area contributed by atoms with E-state index in [9.17, 15) is 4.79 Å². The number of amides is 1. The summed E-state index contributed by atoms with van der Waals surface area (Å²) in [5, 5.41) is 0. The summed E-state index contributed by atoms with van der Waals surface area (Å²) in [6, 6.07) is 18.6. The highest BCUT2D eigenvalue weighted by atomic mass is 16.2. The van der Waals surface area contributed by atoms with Crippen LogP contribution in [0.5, 0.6) is 0 Å². The number of nitrogens with zero attached hydrogens (tertiary/aromatic N) is 1. The van der Waals surface area contributed by atoms with Crippen LogP contribution in [0.25, 0.3) is 0 Å². The summed E-state index contributed by atoms with van der Waals surface area (Å²) in [7, 11) is 0. The molecule has 2 aromatic rings. The predicted octanol–water partition coefficient (Wildman–Crippen LogP) is 2.97. The summed E-state index contributed by atoms with van der Waals surface area (Å²) in [4.78, 5) is 14.0. The monoisotopic (exact) mass is 235 g/mol. The molecule has 0 unspecified atom stereocenters. The maximum atomic E-state index is 12.4. The van der Waals surface area contributed by atoms with E-state index in [2.05, 4.69) is 5.92 Å². The van der Waals surface area contributed by atoms with Crippen molar-refractivity contribution in [2.45, 2.75) is 0 Å². The van der Waals surface area contributed by atoms with Crippen molar-refractivity contribution < 1.29 is 4.79 Å². The summed E-state index contributed by atoms with van der Waals surface area (Å²) in [5.74, 6) is 2.44. The first-order valence-electron chi connectivity index (χ1n) is 5.68. The van der Waals surface area contributed by atoms with Gasteiger partial charge < -0.3 is 0 Å². The predicted molar refractivity (Wildman–Crippen MR) is 73.4 cm³/mol. The third-order valence-corrected chi connectivity index (χ3v) is 2.58. The van der Waals surface area contributed by atoms with Gasteiger partial charge in [0.05, 0.1) is 6.54 Å². The van der Waals surface area contributed by atoms with Gasteiger partial charge in [-0.25, -0.2) is 0 Å². The number of anilines is 1. The van der Waals surface area contributed by atoms with Crippen LogP contribution >= 0.6 is 0 Å². The third kappa shape index (κ3) is 2.58. The minimum Gasteiger partial charge on any atom is -0.297 e. The fraction of sp³-hybridized carbons (Fsp3) is 0.0625. The molecule has 0 aliphatic rings. The van der Waals surface area contributed by atoms with E-state index in [1.165, 1.54) is 0 Å². The fourth-order valence-electron chi connectivity index (χ4n) is 1.72. The number of carbonyl (C=O) groups excluding carboxylic acids is 1. The Morgan fingerprint density at radius 3 is 2.11 bits per heavy atom. The maximum absolute atomic E-state index is 12.4. The van der Waals surface area contributed by atoms with Crippen molar-refractivity contribution in [1.29, 1.82) is 0 Å². The van der Waals surface area contributed by atoms with Gasteiger partial charge in [-0.2, -0.15) is 0 Å². The van der Waals surface area contributed by atoms with Gasteiger partial charge in [-0.05, 0) is 24.3 Å². The number of benzene rings is 2. The van der Waals surface area contributed by atoms with Crippen LogP contribution in [0.3, 0.4) is 0 Å². The van der Waals surface area contributed by atoms with Crippen molar-refractivity contribution in [2.75, 3.05) is 11.4 Å². The highest BCUT2D eigenvalue weighted by molar-refractivity contribution is 6.06. The number of rotatable bonds is 3. The molecule has 0 saturated heterocycles. The first-order chi connectivity index (χ1) is 8.83. The molecule has 18 heavy (non-hydrogen) atoms. The molecule has 2 heteroatoms. The Morgan fingerprint density at radius 2 is 1.56 bits per heavy atom. The number of terminal acetylenes is 1. The Bertz CT molecular complexity index is 555. The molecule has 2 rings (SSSR count). The van der Waals surface area contributed by atoms with Gasteiger partial charge in [-0.3, -0.25) is 9.69 Å². The van der Waals surface area contributed by atoms with Crippen molar-refractivity contribution >= 4 is 11.6 Å². The SMILES string of the molecule is C#CCN(C(=O)c1ccccc1)c1ccccc1. The summed E-state index contributed by atoms with van der Waals surface area (Å²) in [6.07, 6.45) is 5.34. The molecule has 0 fully saturated rings. The Balaban J connectivity index is 2.32. The lowest BCUT2D eigenvalue weighted by Gasteiger charge is -2.20. The van der Waals surface area contributed by atoms with E-state index in [0.717, 1.165) is 5.69 Å². The summed E-state index contributed by atoms with van der Waals surface area (Å²) >= 11 is 0. The van der Waals surface area contributed by atoms with E-state index in [0.29, 0.717) is 5.56 Å². The highest BCUT2D eigenvalue weighted by Crippen LogP contribution is 2.16. The number of carbonyl (C=O) groups is 1. The van der Waals surface area contributed by atoms with Crippen molar-refractivity contribution in [1.82, 2.24) is 0 Å². The zero-order chi connectivity index (χ0) is 12.8. The zero-order valence-electron chi connectivity index (χ0n) is 9.91. The molecule has 0 aliphatic carbocycles. The van der Waals surface area contributed by atoms with Gasteiger partial charge in [0, 0.05) is 11.3 Å². The standard InChI is InChI=1S/C16H13NO/c1-2-13-17(15-11-7-4-8-12-15)16(18)14-9-5-3-6-10-14/h1,3-12H,13H2. The first kappa shape index (κ1) is 11.9. The number of para-hydroxylation sites is 1. The van der Waals surface area contributed by atoms with Gasteiger partial charge in [0.2, 0.25) is 0 Å². The normalized spacial score (nSPS) is 9.50. The molecule has 0 aliphatic heterocycles. The molecule has 88 valence electrons. The lowest BCUT2D eigenvalue weighted by molar-refractivity contribution is 0.0990. The topological polar surface area (TPSA) is 20.3 Å². The van der Waals surface area contributed by atoms with Crippen LogP contribution in [0.2, 0.25) is 0 Å². The van der Waals surface area contributed by atoms with Gasteiger partial charge in [-0.1, -0.05) is 42.3 Å². The molecule has 0 spiro atoms. The Labute approximate surface area is 107 Å². The largest absolute Gasteiger partial charge is 0.297 e. The van der Waals surface area contributed by atoms with E-state index in [1.54, 1.807) is 17.0 Å². The van der Waals surface area contributed by atoms with Crippen molar-refractivity contribution in [2.24, 2.45) is 0 Å². The molecule has 0 aromatic heterocycles. The van der Waals surface area contributed by atoms with Crippen molar-refractivity contribution in [3.8, 4) is 12.3 Å². The smallest absolute Gasteiger partial charge is 0.259 e. The number of hydrogen-bond donors (Lipinski definition) is 0. The van der Waals surface area contributed by atoms with Crippen LogP contribution in [-0.2, 0) is 0 Å². The molecule has 0 radical (unpaired) electrons. The molecular weight excluding hydrogens is 222 g/mol.